The highest BCUT2D eigenvalue weighted by Crippen LogP contribution is 2.38. The first-order valence-electron chi connectivity index (χ1n) is 7.57. The third-order valence-corrected chi connectivity index (χ3v) is 4.62. The Kier molecular flexibility index (Phi) is 3.73. The van der Waals surface area contributed by atoms with Gasteiger partial charge in [0, 0.05) is 18.1 Å². The summed E-state index contributed by atoms with van der Waals surface area (Å²) in [5, 5.41) is 12.7. The van der Waals surface area contributed by atoms with Gasteiger partial charge >= 0.3 is 0 Å². The minimum atomic E-state index is -0.383. The fourth-order valence-electron chi connectivity index (χ4n) is 2.36. The summed E-state index contributed by atoms with van der Waals surface area (Å²) >= 11 is 1.53. The Labute approximate surface area is 140 Å². The normalized spacial score (nSPS) is 13.8. The monoisotopic (exact) mass is 342 g/mol. The van der Waals surface area contributed by atoms with E-state index in [1.54, 1.807) is 12.1 Å². The molecule has 0 bridgehead atoms. The van der Waals surface area contributed by atoms with E-state index >= 15 is 0 Å². The summed E-state index contributed by atoms with van der Waals surface area (Å²) in [6.45, 7) is -0.158. The topological polar surface area (TPSA) is 90.0 Å². The molecular formula is C16H14N4O3S. The van der Waals surface area contributed by atoms with E-state index in [-0.39, 0.29) is 23.9 Å². The van der Waals surface area contributed by atoms with E-state index in [9.17, 15) is 9.59 Å². The molecule has 7 nitrogen and oxygen atoms in total. The van der Waals surface area contributed by atoms with Crippen molar-refractivity contribution in [2.45, 2.75) is 25.3 Å². The van der Waals surface area contributed by atoms with Gasteiger partial charge in [0.05, 0.1) is 10.6 Å². The molecule has 0 saturated heterocycles. The number of rotatable bonds is 5. The number of amides is 1. The predicted octanol–water partition coefficient (Wildman–Crippen LogP) is 2.48. The summed E-state index contributed by atoms with van der Waals surface area (Å²) in [4.78, 5) is 24.9. The van der Waals surface area contributed by atoms with Crippen LogP contribution in [0.1, 0.15) is 24.5 Å². The van der Waals surface area contributed by atoms with Gasteiger partial charge < -0.3 is 4.52 Å². The minimum Gasteiger partial charge on any atom is -0.338 e. The Hall–Kier alpha value is -2.74. The molecule has 3 aromatic heterocycles. The minimum absolute atomic E-state index is 0.158. The summed E-state index contributed by atoms with van der Waals surface area (Å²) in [6, 6.07) is 8.68. The van der Waals surface area contributed by atoms with Gasteiger partial charge in [0.2, 0.25) is 11.8 Å². The van der Waals surface area contributed by atoms with E-state index in [1.165, 1.54) is 22.1 Å². The van der Waals surface area contributed by atoms with E-state index in [2.05, 4.69) is 15.6 Å². The van der Waals surface area contributed by atoms with Crippen LogP contribution in [0, 0.1) is 0 Å². The molecule has 0 aliphatic heterocycles. The molecule has 1 fully saturated rings. The molecule has 4 rings (SSSR count). The molecule has 8 heteroatoms. The number of anilines is 1. The van der Waals surface area contributed by atoms with Gasteiger partial charge in [-0.05, 0) is 30.4 Å². The summed E-state index contributed by atoms with van der Waals surface area (Å²) < 4.78 is 6.30. The molecular weight excluding hydrogens is 328 g/mol. The third-order valence-electron chi connectivity index (χ3n) is 3.72. The summed E-state index contributed by atoms with van der Waals surface area (Å²) in [7, 11) is 0. The Morgan fingerprint density at radius 2 is 2.25 bits per heavy atom. The average molecular weight is 342 g/mol. The predicted molar refractivity (Wildman–Crippen MR) is 88.9 cm³/mol. The van der Waals surface area contributed by atoms with Crippen LogP contribution in [-0.4, -0.2) is 20.8 Å². The van der Waals surface area contributed by atoms with Crippen LogP contribution in [0.2, 0.25) is 0 Å². The smallest absolute Gasteiger partial charge is 0.267 e. The van der Waals surface area contributed by atoms with Crippen molar-refractivity contribution in [1.82, 2.24) is 14.9 Å². The van der Waals surface area contributed by atoms with Crippen LogP contribution in [0.15, 0.2) is 45.0 Å². The maximum absolute atomic E-state index is 12.1. The molecule has 0 unspecified atom stereocenters. The SMILES string of the molecule is O=C(Cn1nc(C2CC2)ccc1=O)Nc1cc(-c2cccs2)no1. The molecule has 0 aromatic carbocycles. The largest absolute Gasteiger partial charge is 0.338 e. The van der Waals surface area contributed by atoms with E-state index in [0.717, 1.165) is 23.4 Å². The van der Waals surface area contributed by atoms with Crippen molar-refractivity contribution in [3.8, 4) is 10.6 Å². The first-order chi connectivity index (χ1) is 11.7. The van der Waals surface area contributed by atoms with Crippen molar-refractivity contribution in [2.75, 3.05) is 5.32 Å². The van der Waals surface area contributed by atoms with Gasteiger partial charge in [-0.1, -0.05) is 11.2 Å². The van der Waals surface area contributed by atoms with E-state index in [0.29, 0.717) is 11.6 Å². The Bertz CT molecular complexity index is 925. The lowest BCUT2D eigenvalue weighted by atomic mass is 10.3. The van der Waals surface area contributed by atoms with Gasteiger partial charge in [-0.15, -0.1) is 11.3 Å². The molecule has 1 saturated carbocycles. The number of carbonyl (C=O) groups excluding carboxylic acids is 1. The van der Waals surface area contributed by atoms with Crippen LogP contribution in [0.25, 0.3) is 10.6 Å². The number of aromatic nitrogens is 3. The molecule has 1 aliphatic rings. The van der Waals surface area contributed by atoms with Gasteiger partial charge in [0.1, 0.15) is 12.2 Å². The highest BCUT2D eigenvalue weighted by molar-refractivity contribution is 7.13. The lowest BCUT2D eigenvalue weighted by molar-refractivity contribution is -0.117. The van der Waals surface area contributed by atoms with Crippen LogP contribution in [-0.2, 0) is 11.3 Å². The maximum Gasteiger partial charge on any atom is 0.267 e. The number of carbonyl (C=O) groups is 1. The van der Waals surface area contributed by atoms with Crippen molar-refractivity contribution < 1.29 is 9.32 Å². The number of nitrogens with one attached hydrogen (secondary N) is 1. The van der Waals surface area contributed by atoms with Crippen LogP contribution in [0.5, 0.6) is 0 Å². The molecule has 3 aromatic rings. The van der Waals surface area contributed by atoms with Crippen LogP contribution in [0.3, 0.4) is 0 Å². The van der Waals surface area contributed by atoms with Gasteiger partial charge in [-0.2, -0.15) is 5.10 Å². The van der Waals surface area contributed by atoms with Gasteiger partial charge in [0.25, 0.3) is 5.56 Å². The van der Waals surface area contributed by atoms with Crippen molar-refractivity contribution in [3.63, 3.8) is 0 Å². The highest BCUT2D eigenvalue weighted by Gasteiger charge is 2.25. The maximum atomic E-state index is 12.1. The van der Waals surface area contributed by atoms with E-state index in [1.807, 2.05) is 17.5 Å². The van der Waals surface area contributed by atoms with Gasteiger partial charge in [-0.25, -0.2) is 4.68 Å². The van der Waals surface area contributed by atoms with Crippen LogP contribution in [0.4, 0.5) is 5.88 Å². The molecule has 122 valence electrons. The van der Waals surface area contributed by atoms with Crippen LogP contribution < -0.4 is 10.9 Å². The van der Waals surface area contributed by atoms with E-state index in [4.69, 9.17) is 4.52 Å². The lowest BCUT2D eigenvalue weighted by Crippen LogP contribution is -2.29. The molecule has 1 aliphatic carbocycles. The Morgan fingerprint density at radius 3 is 3.00 bits per heavy atom. The third kappa shape index (κ3) is 3.13. The van der Waals surface area contributed by atoms with Gasteiger partial charge in [-0.3, -0.25) is 14.9 Å². The van der Waals surface area contributed by atoms with E-state index < -0.39 is 0 Å². The first-order valence-corrected chi connectivity index (χ1v) is 8.45. The fourth-order valence-corrected chi connectivity index (χ4v) is 3.04. The first kappa shape index (κ1) is 14.8. The van der Waals surface area contributed by atoms with Crippen molar-refractivity contribution >= 4 is 23.1 Å². The summed E-state index contributed by atoms with van der Waals surface area (Å²) in [5.74, 6) is 0.281. The second-order valence-corrected chi connectivity index (χ2v) is 6.58. The average Bonchev–Trinajstić information content (AvgIpc) is 3.07. The number of thiophene rings is 1. The molecule has 0 spiro atoms. The molecule has 1 amide bonds. The quantitative estimate of drug-likeness (QED) is 0.769. The molecule has 0 atom stereocenters. The number of nitrogens with zero attached hydrogens (tertiary/aromatic N) is 3. The zero-order chi connectivity index (χ0) is 16.5. The second kappa shape index (κ2) is 6.04. The molecule has 3 heterocycles. The molecule has 24 heavy (non-hydrogen) atoms. The van der Waals surface area contributed by atoms with Gasteiger partial charge in [0.15, 0.2) is 0 Å². The van der Waals surface area contributed by atoms with Crippen LogP contribution >= 0.6 is 11.3 Å². The highest BCUT2D eigenvalue weighted by atomic mass is 32.1. The fraction of sp³-hybridized carbons (Fsp3) is 0.250. The standard InChI is InChI=1S/C16H14N4O3S/c21-14(9-20-16(22)6-5-11(18-20)10-3-4-10)17-15-8-12(19-23-15)13-2-1-7-24-13/h1-2,5-8,10H,3-4,9H2,(H,17,21). The second-order valence-electron chi connectivity index (χ2n) is 5.63. The number of hydrogen-bond acceptors (Lipinski definition) is 6. The lowest BCUT2D eigenvalue weighted by Gasteiger charge is -2.05. The zero-order valence-corrected chi connectivity index (χ0v) is 13.5. The molecule has 1 N–H and O–H groups in total. The van der Waals surface area contributed by atoms with Crippen molar-refractivity contribution in [2.24, 2.45) is 0 Å². The summed E-state index contributed by atoms with van der Waals surface area (Å²) in [6.07, 6.45) is 2.17. The van der Waals surface area contributed by atoms with Crippen molar-refractivity contribution in [1.29, 1.82) is 0 Å². The Morgan fingerprint density at radius 1 is 1.38 bits per heavy atom. The summed E-state index contributed by atoms with van der Waals surface area (Å²) in [5.41, 5.74) is 1.22. The Balaban J connectivity index is 1.45. The molecule has 0 radical (unpaired) electrons. The zero-order valence-electron chi connectivity index (χ0n) is 12.6. The van der Waals surface area contributed by atoms with Crippen molar-refractivity contribution in [3.05, 3.63) is 51.8 Å². The number of hydrogen-bond donors (Lipinski definition) is 1.